The number of methoxy groups -OCH3 is 1. The van der Waals surface area contributed by atoms with Crippen molar-refractivity contribution in [2.45, 2.75) is 13.8 Å². The number of aromatic nitrogens is 1. The van der Waals surface area contributed by atoms with Crippen LogP contribution in [0, 0.1) is 13.8 Å². The molecule has 0 amide bonds. The molecular weight excluding hydrogens is 342 g/mol. The normalized spacial score (nSPS) is 11.7. The van der Waals surface area contributed by atoms with Gasteiger partial charge in [0.25, 0.3) is 0 Å². The number of ether oxygens (including phenoxy) is 2. The van der Waals surface area contributed by atoms with Gasteiger partial charge in [-0.25, -0.2) is 8.42 Å². The second-order valence-corrected chi connectivity index (χ2v) is 7.84. The van der Waals surface area contributed by atoms with Crippen molar-refractivity contribution in [2.75, 3.05) is 19.3 Å². The zero-order valence-corrected chi connectivity index (χ0v) is 15.5. The maximum Gasteiger partial charge on any atom is 0.189 e. The molecule has 0 atom stereocenters. The Morgan fingerprint density at radius 3 is 2.28 bits per heavy atom. The van der Waals surface area contributed by atoms with Crippen molar-refractivity contribution in [1.82, 2.24) is 4.57 Å². The molecule has 0 unspecified atom stereocenters. The van der Waals surface area contributed by atoms with Crippen molar-refractivity contribution in [3.05, 3.63) is 57.5 Å². The molecule has 25 heavy (non-hydrogen) atoms. The lowest BCUT2D eigenvalue weighted by molar-refractivity contribution is 0.337. The van der Waals surface area contributed by atoms with E-state index in [2.05, 4.69) is 0 Å². The summed E-state index contributed by atoms with van der Waals surface area (Å²) < 4.78 is 35.0. The third-order valence-corrected chi connectivity index (χ3v) is 4.04. The Bertz CT molecular complexity index is 932. The number of aryl methyl sites for hydroxylation is 2. The van der Waals surface area contributed by atoms with Gasteiger partial charge in [0, 0.05) is 36.0 Å². The highest BCUT2D eigenvalue weighted by Crippen LogP contribution is 2.29. The molecule has 1 aromatic heterocycles. The summed E-state index contributed by atoms with van der Waals surface area (Å²) in [4.78, 5) is 11.5. The molecule has 2 rings (SSSR count). The quantitative estimate of drug-likeness (QED) is 0.788. The molecule has 134 valence electrons. The molecule has 6 nitrogen and oxygen atoms in total. The summed E-state index contributed by atoms with van der Waals surface area (Å²) in [7, 11) is -1.77. The summed E-state index contributed by atoms with van der Waals surface area (Å²) in [5, 5.41) is 0. The van der Waals surface area contributed by atoms with Crippen molar-refractivity contribution in [3.8, 4) is 11.5 Å². The van der Waals surface area contributed by atoms with Crippen LogP contribution in [0.2, 0.25) is 0 Å². The van der Waals surface area contributed by atoms with Gasteiger partial charge in [-0.1, -0.05) is 6.07 Å². The van der Waals surface area contributed by atoms with Crippen LogP contribution in [0.25, 0.3) is 12.3 Å². The second-order valence-electron chi connectivity index (χ2n) is 5.76. The average molecular weight is 363 g/mol. The van der Waals surface area contributed by atoms with Crippen molar-refractivity contribution in [1.29, 1.82) is 0 Å². The molecular formula is C18H21NO5S. The molecule has 0 saturated heterocycles. The molecule has 0 saturated carbocycles. The van der Waals surface area contributed by atoms with Crippen LogP contribution in [-0.2, 0) is 9.84 Å². The maximum absolute atomic E-state index is 11.5. The van der Waals surface area contributed by atoms with Crippen LogP contribution >= 0.6 is 0 Å². The number of sulfone groups is 1. The van der Waals surface area contributed by atoms with E-state index in [4.69, 9.17) is 9.47 Å². The Morgan fingerprint density at radius 1 is 1.08 bits per heavy atom. The smallest absolute Gasteiger partial charge is 0.189 e. The Labute approximate surface area is 147 Å². The average Bonchev–Trinajstić information content (AvgIpc) is 2.51. The molecule has 7 heteroatoms. The number of hydrogen-bond donors (Lipinski definition) is 0. The summed E-state index contributed by atoms with van der Waals surface area (Å²) in [6, 6.07) is 8.37. The molecule has 0 aliphatic carbocycles. The van der Waals surface area contributed by atoms with E-state index in [-0.39, 0.29) is 5.43 Å². The number of pyridine rings is 1. The SMILES string of the molecule is COc1ccc(/C=C/n2c(C)cc(=O)cc2C)cc1OCS(C)(=O)=O. The Morgan fingerprint density at radius 2 is 1.72 bits per heavy atom. The van der Waals surface area contributed by atoms with E-state index in [0.717, 1.165) is 23.2 Å². The van der Waals surface area contributed by atoms with E-state index in [9.17, 15) is 13.2 Å². The van der Waals surface area contributed by atoms with E-state index < -0.39 is 15.8 Å². The summed E-state index contributed by atoms with van der Waals surface area (Å²) in [5.74, 6) is 0.383. The minimum atomic E-state index is -3.26. The second kappa shape index (κ2) is 7.57. The number of rotatable bonds is 6. The van der Waals surface area contributed by atoms with Crippen LogP contribution in [0.3, 0.4) is 0 Å². The van der Waals surface area contributed by atoms with Gasteiger partial charge in [0.05, 0.1) is 7.11 Å². The predicted octanol–water partition coefficient (Wildman–Crippen LogP) is 2.48. The van der Waals surface area contributed by atoms with Gasteiger partial charge in [-0.2, -0.15) is 0 Å². The van der Waals surface area contributed by atoms with Crippen LogP contribution < -0.4 is 14.9 Å². The first-order valence-corrected chi connectivity index (χ1v) is 9.62. The zero-order valence-electron chi connectivity index (χ0n) is 14.6. The van der Waals surface area contributed by atoms with E-state index in [1.54, 1.807) is 24.3 Å². The highest BCUT2D eigenvalue weighted by atomic mass is 32.2. The third-order valence-electron chi connectivity index (χ3n) is 3.49. The fourth-order valence-corrected chi connectivity index (χ4v) is 2.69. The predicted molar refractivity (Wildman–Crippen MR) is 98.7 cm³/mol. The van der Waals surface area contributed by atoms with Crippen LogP contribution in [0.1, 0.15) is 17.0 Å². The largest absolute Gasteiger partial charge is 0.493 e. The lowest BCUT2D eigenvalue weighted by atomic mass is 10.2. The van der Waals surface area contributed by atoms with E-state index in [1.165, 1.54) is 7.11 Å². The monoisotopic (exact) mass is 363 g/mol. The van der Waals surface area contributed by atoms with Crippen molar-refractivity contribution in [2.24, 2.45) is 0 Å². The minimum Gasteiger partial charge on any atom is -0.493 e. The third kappa shape index (κ3) is 5.22. The standard InChI is InChI=1S/C18H21NO5S/c1-13-9-16(20)10-14(2)19(13)8-7-15-5-6-17(23-3)18(11-15)24-12-25(4,21)22/h5-11H,12H2,1-4H3/b8-7+. The molecule has 2 aromatic rings. The van der Waals surface area contributed by atoms with E-state index in [0.29, 0.717) is 11.5 Å². The Hall–Kier alpha value is -2.54. The molecule has 0 aliphatic rings. The first-order valence-electron chi connectivity index (χ1n) is 7.56. The van der Waals surface area contributed by atoms with Crippen LogP contribution in [0.15, 0.2) is 35.1 Å². The molecule has 0 radical (unpaired) electrons. The lowest BCUT2D eigenvalue weighted by Gasteiger charge is -2.11. The van der Waals surface area contributed by atoms with Gasteiger partial charge in [-0.15, -0.1) is 0 Å². The van der Waals surface area contributed by atoms with Gasteiger partial charge < -0.3 is 14.0 Å². The number of nitrogens with zero attached hydrogens (tertiary/aromatic N) is 1. The highest BCUT2D eigenvalue weighted by molar-refractivity contribution is 7.90. The highest BCUT2D eigenvalue weighted by Gasteiger charge is 2.09. The molecule has 0 spiro atoms. The van der Waals surface area contributed by atoms with E-state index in [1.807, 2.05) is 36.8 Å². The molecule has 0 bridgehead atoms. The maximum atomic E-state index is 11.5. The van der Waals surface area contributed by atoms with Crippen molar-refractivity contribution in [3.63, 3.8) is 0 Å². The summed E-state index contributed by atoms with van der Waals surface area (Å²) in [6.07, 6.45) is 4.79. The minimum absolute atomic E-state index is 0.0273. The van der Waals surface area contributed by atoms with Gasteiger partial charge in [0.1, 0.15) is 0 Å². The van der Waals surface area contributed by atoms with Crippen molar-refractivity contribution < 1.29 is 17.9 Å². The van der Waals surface area contributed by atoms with Gasteiger partial charge in [0.15, 0.2) is 32.7 Å². The number of benzene rings is 1. The lowest BCUT2D eigenvalue weighted by Crippen LogP contribution is -2.10. The summed E-state index contributed by atoms with van der Waals surface area (Å²) >= 11 is 0. The summed E-state index contributed by atoms with van der Waals surface area (Å²) in [6.45, 7) is 3.71. The molecule has 0 N–H and O–H groups in total. The van der Waals surface area contributed by atoms with Crippen LogP contribution in [-0.4, -0.2) is 32.3 Å². The van der Waals surface area contributed by atoms with Gasteiger partial charge >= 0.3 is 0 Å². The molecule has 0 aliphatic heterocycles. The number of hydrogen-bond acceptors (Lipinski definition) is 5. The fraction of sp³-hybridized carbons (Fsp3) is 0.278. The first kappa shape index (κ1) is 18.8. The van der Waals surface area contributed by atoms with Crippen molar-refractivity contribution >= 4 is 22.1 Å². The van der Waals surface area contributed by atoms with Crippen LogP contribution in [0.4, 0.5) is 0 Å². The Balaban J connectivity index is 2.33. The van der Waals surface area contributed by atoms with Gasteiger partial charge in [-0.3, -0.25) is 4.79 Å². The molecule has 1 aromatic carbocycles. The molecule has 0 fully saturated rings. The summed E-state index contributed by atoms with van der Waals surface area (Å²) in [5.41, 5.74) is 2.42. The van der Waals surface area contributed by atoms with E-state index >= 15 is 0 Å². The first-order chi connectivity index (χ1) is 11.7. The zero-order chi connectivity index (χ0) is 18.6. The topological polar surface area (TPSA) is 74.6 Å². The Kier molecular flexibility index (Phi) is 5.69. The molecule has 1 heterocycles. The van der Waals surface area contributed by atoms with Gasteiger partial charge in [0.2, 0.25) is 0 Å². The van der Waals surface area contributed by atoms with Crippen LogP contribution in [0.5, 0.6) is 11.5 Å². The van der Waals surface area contributed by atoms with Gasteiger partial charge in [-0.05, 0) is 37.6 Å². The fourth-order valence-electron chi connectivity index (χ4n) is 2.35.